The maximum atomic E-state index is 5.53. The first-order valence-corrected chi connectivity index (χ1v) is 8.55. The number of hydrogen-bond acceptors (Lipinski definition) is 3. The van der Waals surface area contributed by atoms with Gasteiger partial charge in [-0.15, -0.1) is 0 Å². The molecule has 0 aromatic heterocycles. The van der Waals surface area contributed by atoms with E-state index < -0.39 is 0 Å². The Morgan fingerprint density at radius 3 is 2.68 bits per heavy atom. The van der Waals surface area contributed by atoms with Gasteiger partial charge in [-0.1, -0.05) is 30.3 Å². The number of methoxy groups -OCH3 is 1. The average Bonchev–Trinajstić information content (AvgIpc) is 2.65. The van der Waals surface area contributed by atoms with Crippen molar-refractivity contribution in [1.29, 1.82) is 0 Å². The molecule has 2 aromatic rings. The van der Waals surface area contributed by atoms with Crippen molar-refractivity contribution < 1.29 is 9.47 Å². The van der Waals surface area contributed by atoms with Gasteiger partial charge in [-0.25, -0.2) is 0 Å². The first-order valence-electron chi connectivity index (χ1n) is 8.55. The lowest BCUT2D eigenvalue weighted by atomic mass is 10.1. The Hall–Kier alpha value is -2.69. The number of aliphatic imine (C=N–C) groups is 1. The van der Waals surface area contributed by atoms with Gasteiger partial charge in [0.2, 0.25) is 0 Å². The lowest BCUT2D eigenvalue weighted by Crippen LogP contribution is -2.37. The van der Waals surface area contributed by atoms with Crippen molar-refractivity contribution in [2.45, 2.75) is 19.9 Å². The lowest BCUT2D eigenvalue weighted by molar-refractivity contribution is 0.340. The summed E-state index contributed by atoms with van der Waals surface area (Å²) in [6.45, 7) is 4.12. The Morgan fingerprint density at radius 1 is 1.08 bits per heavy atom. The number of hydrogen-bond donors (Lipinski definition) is 2. The third-order valence-electron chi connectivity index (χ3n) is 3.77. The van der Waals surface area contributed by atoms with E-state index in [1.54, 1.807) is 14.2 Å². The molecule has 0 saturated carbocycles. The SMILES string of the molecule is CCOc1cccc(CNC(=NC)NCCc2ccccc2OC)c1. The van der Waals surface area contributed by atoms with Crippen molar-refractivity contribution in [2.75, 3.05) is 27.3 Å². The van der Waals surface area contributed by atoms with Crippen LogP contribution >= 0.6 is 0 Å². The minimum Gasteiger partial charge on any atom is -0.496 e. The minimum atomic E-state index is 0.670. The van der Waals surface area contributed by atoms with Gasteiger partial charge in [0, 0.05) is 20.1 Å². The van der Waals surface area contributed by atoms with Gasteiger partial charge >= 0.3 is 0 Å². The predicted molar refractivity (Wildman–Crippen MR) is 103 cm³/mol. The summed E-state index contributed by atoms with van der Waals surface area (Å²) in [4.78, 5) is 4.27. The molecule has 2 aromatic carbocycles. The van der Waals surface area contributed by atoms with Crippen LogP contribution in [0.4, 0.5) is 0 Å². The van der Waals surface area contributed by atoms with Crippen molar-refractivity contribution in [2.24, 2.45) is 4.99 Å². The molecule has 0 heterocycles. The molecule has 0 unspecified atom stereocenters. The first-order chi connectivity index (χ1) is 12.3. The highest BCUT2D eigenvalue weighted by Gasteiger charge is 2.03. The maximum absolute atomic E-state index is 5.53. The number of ether oxygens (including phenoxy) is 2. The summed E-state index contributed by atoms with van der Waals surface area (Å²) >= 11 is 0. The fourth-order valence-corrected chi connectivity index (χ4v) is 2.54. The van der Waals surface area contributed by atoms with Crippen LogP contribution in [0.3, 0.4) is 0 Å². The third-order valence-corrected chi connectivity index (χ3v) is 3.77. The molecule has 0 saturated heterocycles. The Morgan fingerprint density at radius 2 is 1.92 bits per heavy atom. The van der Waals surface area contributed by atoms with Crippen LogP contribution in [-0.2, 0) is 13.0 Å². The molecule has 2 N–H and O–H groups in total. The molecule has 2 rings (SSSR count). The molecule has 0 bridgehead atoms. The lowest BCUT2D eigenvalue weighted by Gasteiger charge is -2.13. The highest BCUT2D eigenvalue weighted by molar-refractivity contribution is 5.79. The quantitative estimate of drug-likeness (QED) is 0.572. The van der Waals surface area contributed by atoms with E-state index in [2.05, 4.69) is 27.8 Å². The summed E-state index contributed by atoms with van der Waals surface area (Å²) in [6, 6.07) is 16.1. The summed E-state index contributed by atoms with van der Waals surface area (Å²) < 4.78 is 10.9. The van der Waals surface area contributed by atoms with E-state index in [1.807, 2.05) is 43.3 Å². The summed E-state index contributed by atoms with van der Waals surface area (Å²) in [5.41, 5.74) is 2.33. The number of nitrogens with zero attached hydrogens (tertiary/aromatic N) is 1. The van der Waals surface area contributed by atoms with Gasteiger partial charge in [0.25, 0.3) is 0 Å². The molecule has 0 atom stereocenters. The Balaban J connectivity index is 1.82. The Labute approximate surface area is 150 Å². The van der Waals surface area contributed by atoms with E-state index in [9.17, 15) is 0 Å². The summed E-state index contributed by atoms with van der Waals surface area (Å²) in [5, 5.41) is 6.65. The van der Waals surface area contributed by atoms with Crippen molar-refractivity contribution in [3.63, 3.8) is 0 Å². The van der Waals surface area contributed by atoms with Crippen molar-refractivity contribution >= 4 is 5.96 Å². The number of para-hydroxylation sites is 1. The zero-order valence-electron chi connectivity index (χ0n) is 15.2. The minimum absolute atomic E-state index is 0.670. The Kier molecular flexibility index (Phi) is 7.63. The topological polar surface area (TPSA) is 54.9 Å². The first kappa shape index (κ1) is 18.6. The van der Waals surface area contributed by atoms with E-state index in [0.29, 0.717) is 13.2 Å². The second kappa shape index (κ2) is 10.2. The Bertz CT molecular complexity index is 686. The smallest absolute Gasteiger partial charge is 0.191 e. The van der Waals surface area contributed by atoms with Crippen LogP contribution in [-0.4, -0.2) is 33.3 Å². The number of guanidine groups is 1. The predicted octanol–water partition coefficient (Wildman–Crippen LogP) is 3.00. The molecule has 0 radical (unpaired) electrons. The van der Waals surface area contributed by atoms with Gasteiger partial charge in [0.1, 0.15) is 11.5 Å². The highest BCUT2D eigenvalue weighted by atomic mass is 16.5. The fourth-order valence-electron chi connectivity index (χ4n) is 2.54. The molecule has 5 nitrogen and oxygen atoms in total. The highest BCUT2D eigenvalue weighted by Crippen LogP contribution is 2.17. The molecule has 0 aliphatic carbocycles. The summed E-state index contributed by atoms with van der Waals surface area (Å²) in [6.07, 6.45) is 0.866. The number of rotatable bonds is 8. The molecule has 0 fully saturated rings. The van der Waals surface area contributed by atoms with E-state index >= 15 is 0 Å². The van der Waals surface area contributed by atoms with E-state index in [-0.39, 0.29) is 0 Å². The van der Waals surface area contributed by atoms with Gasteiger partial charge in [0.15, 0.2) is 5.96 Å². The fraction of sp³-hybridized carbons (Fsp3) is 0.350. The van der Waals surface area contributed by atoms with E-state index in [4.69, 9.17) is 9.47 Å². The molecular weight excluding hydrogens is 314 g/mol. The van der Waals surface area contributed by atoms with Gasteiger partial charge < -0.3 is 20.1 Å². The van der Waals surface area contributed by atoms with Crippen LogP contribution in [0.25, 0.3) is 0 Å². The van der Waals surface area contributed by atoms with Crippen molar-refractivity contribution in [3.05, 3.63) is 59.7 Å². The van der Waals surface area contributed by atoms with Gasteiger partial charge in [-0.05, 0) is 42.7 Å². The van der Waals surface area contributed by atoms with Gasteiger partial charge in [-0.2, -0.15) is 0 Å². The summed E-state index contributed by atoms with van der Waals surface area (Å²) in [5.74, 6) is 2.58. The zero-order chi connectivity index (χ0) is 17.9. The molecule has 0 aliphatic heterocycles. The van der Waals surface area contributed by atoms with E-state index in [1.165, 1.54) is 5.56 Å². The van der Waals surface area contributed by atoms with Gasteiger partial charge in [-0.3, -0.25) is 4.99 Å². The second-order valence-electron chi connectivity index (χ2n) is 5.49. The molecular formula is C20H27N3O2. The summed E-state index contributed by atoms with van der Waals surface area (Å²) in [7, 11) is 3.47. The molecule has 0 amide bonds. The third kappa shape index (κ3) is 6.03. The molecule has 0 spiro atoms. The van der Waals surface area contributed by atoms with Crippen LogP contribution < -0.4 is 20.1 Å². The monoisotopic (exact) mass is 341 g/mol. The largest absolute Gasteiger partial charge is 0.496 e. The normalized spacial score (nSPS) is 11.1. The zero-order valence-corrected chi connectivity index (χ0v) is 15.2. The van der Waals surface area contributed by atoms with Crippen LogP contribution in [0.5, 0.6) is 11.5 Å². The van der Waals surface area contributed by atoms with E-state index in [0.717, 1.165) is 36.0 Å². The number of benzene rings is 2. The molecule has 25 heavy (non-hydrogen) atoms. The molecule has 0 aliphatic rings. The van der Waals surface area contributed by atoms with Crippen LogP contribution in [0.15, 0.2) is 53.5 Å². The van der Waals surface area contributed by atoms with Crippen molar-refractivity contribution in [1.82, 2.24) is 10.6 Å². The average molecular weight is 341 g/mol. The standard InChI is InChI=1S/C20H27N3O2/c1-4-25-18-10-7-8-16(14-18)15-23-20(21-2)22-13-12-17-9-5-6-11-19(17)24-3/h5-11,14H,4,12-13,15H2,1-3H3,(H2,21,22,23). The maximum Gasteiger partial charge on any atom is 0.191 e. The molecule has 5 heteroatoms. The molecule has 134 valence electrons. The van der Waals surface area contributed by atoms with Crippen LogP contribution in [0, 0.1) is 0 Å². The van der Waals surface area contributed by atoms with Crippen LogP contribution in [0.1, 0.15) is 18.1 Å². The van der Waals surface area contributed by atoms with Crippen LogP contribution in [0.2, 0.25) is 0 Å². The van der Waals surface area contributed by atoms with Crippen molar-refractivity contribution in [3.8, 4) is 11.5 Å². The second-order valence-corrected chi connectivity index (χ2v) is 5.49. The van der Waals surface area contributed by atoms with Gasteiger partial charge in [0.05, 0.1) is 13.7 Å². The number of nitrogens with one attached hydrogen (secondary N) is 2.